The fourth-order valence-corrected chi connectivity index (χ4v) is 6.00. The Labute approximate surface area is 190 Å². The summed E-state index contributed by atoms with van der Waals surface area (Å²) in [4.78, 5) is 18.0. The van der Waals surface area contributed by atoms with Crippen LogP contribution in [0, 0.1) is 0 Å². The topological polar surface area (TPSA) is 90.2 Å². The second-order valence-corrected chi connectivity index (χ2v) is 10.3. The molecule has 1 fully saturated rings. The van der Waals surface area contributed by atoms with Gasteiger partial charge in [0.25, 0.3) is 5.91 Å². The van der Waals surface area contributed by atoms with E-state index in [1.165, 1.54) is 39.9 Å². The van der Waals surface area contributed by atoms with Gasteiger partial charge in [-0.05, 0) is 42.8 Å². The Morgan fingerprint density at radius 3 is 2.53 bits per heavy atom. The predicted molar refractivity (Wildman–Crippen MR) is 123 cm³/mol. The molecule has 0 spiro atoms. The molecule has 8 nitrogen and oxygen atoms in total. The zero-order valence-corrected chi connectivity index (χ0v) is 19.6. The molecule has 0 N–H and O–H groups in total. The minimum absolute atomic E-state index is 0.158. The van der Waals surface area contributed by atoms with Crippen molar-refractivity contribution >= 4 is 37.5 Å². The molecule has 1 aromatic heterocycles. The molecule has 10 heteroatoms. The number of rotatable bonds is 6. The van der Waals surface area contributed by atoms with Crippen molar-refractivity contribution in [1.29, 1.82) is 0 Å². The van der Waals surface area contributed by atoms with Crippen LogP contribution in [0.5, 0.6) is 5.75 Å². The molecule has 4 rings (SSSR count). The van der Waals surface area contributed by atoms with Crippen LogP contribution in [-0.4, -0.2) is 56.6 Å². The zero-order chi connectivity index (χ0) is 22.7. The molecular weight excluding hydrogens is 450 g/mol. The number of nitrogens with zero attached hydrogens (tertiary/aromatic N) is 3. The normalized spacial score (nSPS) is 15.9. The quantitative estimate of drug-likeness (QED) is 0.547. The average molecular weight is 476 g/mol. The molecule has 3 aromatic rings. The lowest BCUT2D eigenvalue weighted by Crippen LogP contribution is -2.40. The number of methoxy groups -OCH3 is 1. The van der Waals surface area contributed by atoms with Gasteiger partial charge in [-0.1, -0.05) is 18.3 Å². The smallest absolute Gasteiger partial charge is 0.279 e. The third kappa shape index (κ3) is 4.49. The highest BCUT2D eigenvalue weighted by Gasteiger charge is 2.26. The maximum absolute atomic E-state index is 12.9. The van der Waals surface area contributed by atoms with Gasteiger partial charge in [-0.15, -0.1) is 0 Å². The van der Waals surface area contributed by atoms with Crippen molar-refractivity contribution in [3.63, 3.8) is 0 Å². The first-order chi connectivity index (χ1) is 15.4. The number of sulfonamides is 1. The molecule has 0 saturated carbocycles. The van der Waals surface area contributed by atoms with Crippen molar-refractivity contribution in [2.75, 3.05) is 33.4 Å². The van der Waals surface area contributed by atoms with Crippen molar-refractivity contribution in [3.8, 4) is 5.75 Å². The summed E-state index contributed by atoms with van der Waals surface area (Å²) < 4.78 is 40.5. The van der Waals surface area contributed by atoms with Crippen LogP contribution < -0.4 is 9.54 Å². The second kappa shape index (κ2) is 9.53. The summed E-state index contributed by atoms with van der Waals surface area (Å²) in [5.74, 6) is 0.332. The average Bonchev–Trinajstić information content (AvgIpc) is 3.16. The molecule has 1 saturated heterocycles. The monoisotopic (exact) mass is 475 g/mol. The van der Waals surface area contributed by atoms with E-state index < -0.39 is 15.9 Å². The van der Waals surface area contributed by atoms with Gasteiger partial charge in [0.1, 0.15) is 5.75 Å². The number of thiazole rings is 1. The summed E-state index contributed by atoms with van der Waals surface area (Å²) in [6.07, 6.45) is 0.887. The van der Waals surface area contributed by atoms with Gasteiger partial charge in [0.05, 0.1) is 35.4 Å². The maximum Gasteiger partial charge on any atom is 0.279 e. The fourth-order valence-electron chi connectivity index (χ4n) is 3.56. The number of benzene rings is 2. The number of ether oxygens (including phenoxy) is 2. The molecule has 0 atom stereocenters. The van der Waals surface area contributed by atoms with E-state index in [1.54, 1.807) is 7.11 Å². The van der Waals surface area contributed by atoms with Gasteiger partial charge in [0, 0.05) is 31.3 Å². The number of carbonyl (C=O) groups excluding carboxylic acids is 1. The Kier molecular flexibility index (Phi) is 6.75. The minimum Gasteiger partial charge on any atom is -0.497 e. The number of hydrogen-bond donors (Lipinski definition) is 0. The summed E-state index contributed by atoms with van der Waals surface area (Å²) in [6.45, 7) is 4.20. The lowest BCUT2D eigenvalue weighted by molar-refractivity contribution is 0.0730. The van der Waals surface area contributed by atoms with Crippen molar-refractivity contribution in [3.05, 3.63) is 52.8 Å². The number of aromatic nitrogens is 1. The SMILES string of the molecule is CCCn1c(=NC(=O)c2ccc(S(=O)(=O)N3CCOCC3)cc2)sc2ccc(OC)cc21. The van der Waals surface area contributed by atoms with Gasteiger partial charge in [-0.2, -0.15) is 9.30 Å². The van der Waals surface area contributed by atoms with Gasteiger partial charge < -0.3 is 14.0 Å². The van der Waals surface area contributed by atoms with Crippen LogP contribution in [0.25, 0.3) is 10.2 Å². The Morgan fingerprint density at radius 2 is 1.88 bits per heavy atom. The lowest BCUT2D eigenvalue weighted by atomic mass is 10.2. The summed E-state index contributed by atoms with van der Waals surface area (Å²) in [5.41, 5.74) is 1.30. The minimum atomic E-state index is -3.60. The highest BCUT2D eigenvalue weighted by Crippen LogP contribution is 2.23. The van der Waals surface area contributed by atoms with E-state index in [1.807, 2.05) is 22.8 Å². The van der Waals surface area contributed by atoms with Crippen LogP contribution in [0.15, 0.2) is 52.4 Å². The number of morpholine rings is 1. The number of aryl methyl sites for hydroxylation is 1. The maximum atomic E-state index is 12.9. The lowest BCUT2D eigenvalue weighted by Gasteiger charge is -2.26. The molecule has 1 aliphatic heterocycles. The van der Waals surface area contributed by atoms with Crippen LogP contribution in [0.4, 0.5) is 0 Å². The van der Waals surface area contributed by atoms with Crippen LogP contribution in [0.2, 0.25) is 0 Å². The van der Waals surface area contributed by atoms with E-state index in [-0.39, 0.29) is 4.90 Å². The van der Waals surface area contributed by atoms with Gasteiger partial charge in [0.2, 0.25) is 10.0 Å². The second-order valence-electron chi connectivity index (χ2n) is 7.33. The van der Waals surface area contributed by atoms with E-state index in [9.17, 15) is 13.2 Å². The van der Waals surface area contributed by atoms with Crippen LogP contribution >= 0.6 is 11.3 Å². The number of carbonyl (C=O) groups is 1. The largest absolute Gasteiger partial charge is 0.497 e. The molecule has 2 aromatic carbocycles. The van der Waals surface area contributed by atoms with E-state index in [0.29, 0.717) is 36.7 Å². The predicted octanol–water partition coefficient (Wildman–Crippen LogP) is 2.88. The number of fused-ring (bicyclic) bond motifs is 1. The van der Waals surface area contributed by atoms with Crippen molar-refractivity contribution < 1.29 is 22.7 Å². The highest BCUT2D eigenvalue weighted by atomic mass is 32.2. The molecule has 2 heterocycles. The molecule has 0 aliphatic carbocycles. The molecule has 0 unspecified atom stereocenters. The van der Waals surface area contributed by atoms with Gasteiger partial charge in [-0.25, -0.2) is 8.42 Å². The summed E-state index contributed by atoms with van der Waals surface area (Å²) in [7, 11) is -1.98. The van der Waals surface area contributed by atoms with Gasteiger partial charge >= 0.3 is 0 Å². The molecule has 1 amide bonds. The third-order valence-electron chi connectivity index (χ3n) is 5.24. The summed E-state index contributed by atoms with van der Waals surface area (Å²) in [5, 5.41) is 0. The zero-order valence-electron chi connectivity index (χ0n) is 18.0. The Hall–Kier alpha value is -2.53. The summed E-state index contributed by atoms with van der Waals surface area (Å²) in [6, 6.07) is 11.7. The van der Waals surface area contributed by atoms with Gasteiger partial charge in [-0.3, -0.25) is 4.79 Å². The Balaban J connectivity index is 1.65. The van der Waals surface area contributed by atoms with Crippen molar-refractivity contribution in [2.45, 2.75) is 24.8 Å². The van der Waals surface area contributed by atoms with E-state index in [2.05, 4.69) is 11.9 Å². The number of amides is 1. The van der Waals surface area contributed by atoms with Crippen LogP contribution in [-0.2, 0) is 21.3 Å². The first kappa shape index (κ1) is 22.7. The molecule has 32 heavy (non-hydrogen) atoms. The highest BCUT2D eigenvalue weighted by molar-refractivity contribution is 7.89. The molecule has 170 valence electrons. The fraction of sp³-hybridized carbons (Fsp3) is 0.364. The van der Waals surface area contributed by atoms with Crippen molar-refractivity contribution in [1.82, 2.24) is 8.87 Å². The first-order valence-corrected chi connectivity index (χ1v) is 12.6. The molecule has 0 bridgehead atoms. The summed E-state index contributed by atoms with van der Waals surface area (Å²) >= 11 is 1.44. The van der Waals surface area contributed by atoms with E-state index in [0.717, 1.165) is 28.9 Å². The van der Waals surface area contributed by atoms with Crippen LogP contribution in [0.1, 0.15) is 23.7 Å². The van der Waals surface area contributed by atoms with Crippen LogP contribution in [0.3, 0.4) is 0 Å². The Morgan fingerprint density at radius 1 is 1.16 bits per heavy atom. The van der Waals surface area contributed by atoms with Gasteiger partial charge in [0.15, 0.2) is 4.80 Å². The standard InChI is InChI=1S/C22H25N3O5S2/c1-3-10-25-19-15-17(29-2)6-9-20(19)31-22(25)23-21(26)16-4-7-18(8-5-16)32(27,28)24-11-13-30-14-12-24/h4-9,15H,3,10-14H2,1-2H3. The molecule has 1 aliphatic rings. The number of hydrogen-bond acceptors (Lipinski definition) is 6. The first-order valence-electron chi connectivity index (χ1n) is 10.4. The Bertz CT molecular complexity index is 1290. The molecule has 0 radical (unpaired) electrons. The molecular formula is C22H25N3O5S2. The van der Waals surface area contributed by atoms with E-state index in [4.69, 9.17) is 9.47 Å². The third-order valence-corrected chi connectivity index (χ3v) is 8.21. The van der Waals surface area contributed by atoms with E-state index >= 15 is 0 Å². The van der Waals surface area contributed by atoms with Crippen molar-refractivity contribution in [2.24, 2.45) is 4.99 Å².